The van der Waals surface area contributed by atoms with Crippen LogP contribution >= 0.6 is 0 Å². The molecular formula is C26H29NO3. The molecule has 1 N–H and O–H groups in total. The van der Waals surface area contributed by atoms with Gasteiger partial charge in [0, 0.05) is 12.5 Å². The summed E-state index contributed by atoms with van der Waals surface area (Å²) >= 11 is 0. The summed E-state index contributed by atoms with van der Waals surface area (Å²) in [6.07, 6.45) is 1.73. The molecule has 156 valence electrons. The highest BCUT2D eigenvalue weighted by Gasteiger charge is 2.23. The van der Waals surface area contributed by atoms with Crippen molar-refractivity contribution in [1.29, 1.82) is 0 Å². The Morgan fingerprint density at radius 1 is 0.933 bits per heavy atom. The first kappa shape index (κ1) is 21.4. The molecule has 30 heavy (non-hydrogen) atoms. The number of carboxylic acid groups (broad SMARTS) is 1. The van der Waals surface area contributed by atoms with Gasteiger partial charge >= 0.3 is 6.09 Å². The van der Waals surface area contributed by atoms with Crippen LogP contribution in [0.25, 0.3) is 0 Å². The van der Waals surface area contributed by atoms with Crippen molar-refractivity contribution in [3.8, 4) is 11.5 Å². The van der Waals surface area contributed by atoms with Gasteiger partial charge in [-0.25, -0.2) is 4.79 Å². The summed E-state index contributed by atoms with van der Waals surface area (Å²) < 4.78 is 5.99. The third kappa shape index (κ3) is 5.41. The van der Waals surface area contributed by atoms with Crippen LogP contribution in [0.2, 0.25) is 0 Å². The van der Waals surface area contributed by atoms with Crippen LogP contribution in [0.5, 0.6) is 11.5 Å². The molecule has 4 heteroatoms. The number of nitrogens with zero attached hydrogens (tertiary/aromatic N) is 1. The molecule has 0 aliphatic heterocycles. The van der Waals surface area contributed by atoms with Crippen molar-refractivity contribution >= 4 is 11.8 Å². The fraction of sp³-hybridized carbons (Fsp3) is 0.269. The van der Waals surface area contributed by atoms with Gasteiger partial charge < -0.3 is 9.84 Å². The molecule has 3 aromatic rings. The molecule has 3 aromatic carbocycles. The monoisotopic (exact) mass is 403 g/mol. The van der Waals surface area contributed by atoms with E-state index < -0.39 is 6.09 Å². The molecule has 1 atom stereocenters. The number of amides is 1. The number of hydrogen-bond donors (Lipinski definition) is 1. The van der Waals surface area contributed by atoms with Crippen LogP contribution in [0.3, 0.4) is 0 Å². The Morgan fingerprint density at radius 3 is 2.33 bits per heavy atom. The summed E-state index contributed by atoms with van der Waals surface area (Å²) in [7, 11) is 0. The zero-order valence-electron chi connectivity index (χ0n) is 17.6. The molecule has 0 aromatic heterocycles. The molecule has 0 radical (unpaired) electrons. The molecule has 0 saturated carbocycles. The lowest BCUT2D eigenvalue weighted by molar-refractivity contribution is 0.201. The first-order chi connectivity index (χ1) is 14.6. The zero-order valence-corrected chi connectivity index (χ0v) is 17.6. The van der Waals surface area contributed by atoms with Gasteiger partial charge in [0.25, 0.3) is 0 Å². The molecule has 1 unspecified atom stereocenters. The van der Waals surface area contributed by atoms with Crippen LogP contribution < -0.4 is 9.64 Å². The number of carbonyl (C=O) groups is 1. The van der Waals surface area contributed by atoms with E-state index in [1.807, 2.05) is 79.7 Å². The minimum absolute atomic E-state index is 0.0790. The quantitative estimate of drug-likeness (QED) is 0.414. The molecule has 0 heterocycles. The van der Waals surface area contributed by atoms with Crippen molar-refractivity contribution in [2.75, 3.05) is 11.4 Å². The highest BCUT2D eigenvalue weighted by Crippen LogP contribution is 2.31. The van der Waals surface area contributed by atoms with Crippen molar-refractivity contribution in [3.05, 3.63) is 90.0 Å². The Kier molecular flexibility index (Phi) is 7.50. The number of para-hydroxylation sites is 2. The van der Waals surface area contributed by atoms with E-state index in [0.717, 1.165) is 47.6 Å². The normalized spacial score (nSPS) is 11.7. The largest absolute Gasteiger partial charge is 0.465 e. The van der Waals surface area contributed by atoms with Crippen LogP contribution in [-0.4, -0.2) is 17.7 Å². The van der Waals surface area contributed by atoms with E-state index in [1.54, 1.807) is 0 Å². The fourth-order valence-electron chi connectivity index (χ4n) is 3.74. The fourth-order valence-corrected chi connectivity index (χ4v) is 3.74. The molecular weight excluding hydrogens is 374 g/mol. The van der Waals surface area contributed by atoms with E-state index >= 15 is 0 Å². The molecule has 0 spiro atoms. The molecule has 0 bridgehead atoms. The standard InChI is InChI=1S/C26H29NO3/c1-3-11-22(19-27(26(28)29)25-17-9-8-12-20(25)4-2)21-13-10-16-24(18-21)30-23-14-6-5-7-15-23/h5-10,12-18,22H,3-4,11,19H2,1-2H3,(H,28,29). The van der Waals surface area contributed by atoms with E-state index in [0.29, 0.717) is 6.54 Å². The van der Waals surface area contributed by atoms with Gasteiger partial charge in [-0.15, -0.1) is 0 Å². The summed E-state index contributed by atoms with van der Waals surface area (Å²) in [5.74, 6) is 1.62. The maximum atomic E-state index is 12.1. The minimum atomic E-state index is -0.923. The summed E-state index contributed by atoms with van der Waals surface area (Å²) in [6, 6.07) is 25.4. The second-order valence-electron chi connectivity index (χ2n) is 7.35. The Labute approximate surface area is 178 Å². The Morgan fingerprint density at radius 2 is 1.63 bits per heavy atom. The highest BCUT2D eigenvalue weighted by atomic mass is 16.5. The van der Waals surface area contributed by atoms with Crippen LogP contribution in [0, 0.1) is 0 Å². The van der Waals surface area contributed by atoms with Gasteiger partial charge in [-0.3, -0.25) is 4.90 Å². The molecule has 3 rings (SSSR count). The van der Waals surface area contributed by atoms with E-state index in [4.69, 9.17) is 4.74 Å². The Balaban J connectivity index is 1.87. The van der Waals surface area contributed by atoms with Gasteiger partial charge in [0.1, 0.15) is 11.5 Å². The van der Waals surface area contributed by atoms with Gasteiger partial charge in [0.05, 0.1) is 5.69 Å². The molecule has 4 nitrogen and oxygen atoms in total. The lowest BCUT2D eigenvalue weighted by Crippen LogP contribution is -2.34. The van der Waals surface area contributed by atoms with Crippen LogP contribution in [0.4, 0.5) is 10.5 Å². The SMILES string of the molecule is CCCC(CN(C(=O)O)c1ccccc1CC)c1cccc(Oc2ccccc2)c1. The van der Waals surface area contributed by atoms with E-state index in [2.05, 4.69) is 13.0 Å². The summed E-state index contributed by atoms with van der Waals surface area (Å²) in [6.45, 7) is 4.59. The zero-order chi connectivity index (χ0) is 21.3. The molecule has 0 aliphatic rings. The van der Waals surface area contributed by atoms with Crippen LogP contribution in [0.1, 0.15) is 43.7 Å². The van der Waals surface area contributed by atoms with Crippen molar-refractivity contribution in [2.45, 2.75) is 39.0 Å². The van der Waals surface area contributed by atoms with Crippen LogP contribution in [-0.2, 0) is 6.42 Å². The van der Waals surface area contributed by atoms with Crippen molar-refractivity contribution in [2.24, 2.45) is 0 Å². The average Bonchev–Trinajstić information content (AvgIpc) is 2.77. The minimum Gasteiger partial charge on any atom is -0.465 e. The second-order valence-corrected chi connectivity index (χ2v) is 7.35. The second kappa shape index (κ2) is 10.5. The molecule has 1 amide bonds. The molecule has 0 saturated heterocycles. The van der Waals surface area contributed by atoms with Crippen molar-refractivity contribution in [1.82, 2.24) is 0 Å². The van der Waals surface area contributed by atoms with Gasteiger partial charge in [0.2, 0.25) is 0 Å². The first-order valence-electron chi connectivity index (χ1n) is 10.5. The number of hydrogen-bond acceptors (Lipinski definition) is 2. The highest BCUT2D eigenvalue weighted by molar-refractivity contribution is 5.87. The van der Waals surface area contributed by atoms with E-state index in [-0.39, 0.29) is 5.92 Å². The lowest BCUT2D eigenvalue weighted by atomic mass is 9.93. The Hall–Kier alpha value is -3.27. The predicted octanol–water partition coefficient (Wildman–Crippen LogP) is 7.11. The smallest absolute Gasteiger partial charge is 0.411 e. The summed E-state index contributed by atoms with van der Waals surface area (Å²) in [5.41, 5.74) is 2.90. The van der Waals surface area contributed by atoms with E-state index in [9.17, 15) is 9.90 Å². The summed E-state index contributed by atoms with van der Waals surface area (Å²) in [5, 5.41) is 9.96. The van der Waals surface area contributed by atoms with Crippen LogP contribution in [0.15, 0.2) is 78.9 Å². The van der Waals surface area contributed by atoms with Gasteiger partial charge in [-0.2, -0.15) is 0 Å². The van der Waals surface area contributed by atoms with Crippen molar-refractivity contribution < 1.29 is 14.6 Å². The molecule has 0 fully saturated rings. The average molecular weight is 404 g/mol. The van der Waals surface area contributed by atoms with Crippen molar-refractivity contribution in [3.63, 3.8) is 0 Å². The maximum absolute atomic E-state index is 12.1. The third-order valence-electron chi connectivity index (χ3n) is 5.24. The predicted molar refractivity (Wildman–Crippen MR) is 122 cm³/mol. The third-order valence-corrected chi connectivity index (χ3v) is 5.24. The number of ether oxygens (including phenoxy) is 1. The summed E-state index contributed by atoms with van der Waals surface area (Å²) in [4.78, 5) is 13.6. The number of anilines is 1. The number of rotatable bonds is 9. The van der Waals surface area contributed by atoms with E-state index in [1.165, 1.54) is 4.90 Å². The topological polar surface area (TPSA) is 49.8 Å². The first-order valence-corrected chi connectivity index (χ1v) is 10.5. The van der Waals surface area contributed by atoms with Gasteiger partial charge in [0.15, 0.2) is 0 Å². The maximum Gasteiger partial charge on any atom is 0.411 e. The number of benzene rings is 3. The Bertz CT molecular complexity index is 955. The lowest BCUT2D eigenvalue weighted by Gasteiger charge is -2.27. The molecule has 0 aliphatic carbocycles. The van der Waals surface area contributed by atoms with Gasteiger partial charge in [-0.1, -0.05) is 68.8 Å². The van der Waals surface area contributed by atoms with Gasteiger partial charge in [-0.05, 0) is 54.3 Å². The number of aryl methyl sites for hydroxylation is 1.